The van der Waals surface area contributed by atoms with Gasteiger partial charge in [0.1, 0.15) is 0 Å². The van der Waals surface area contributed by atoms with E-state index < -0.39 is 9.84 Å². The molecule has 0 unspecified atom stereocenters. The average Bonchev–Trinajstić information content (AvgIpc) is 2.95. The molecule has 0 radical (unpaired) electrons. The number of esters is 1. The highest BCUT2D eigenvalue weighted by atomic mass is 32.2. The van der Waals surface area contributed by atoms with Crippen LogP contribution in [0.15, 0.2) is 59.0 Å². The number of carbonyl (C=O) groups is 1. The summed E-state index contributed by atoms with van der Waals surface area (Å²) in [6.07, 6.45) is 1.73. The quantitative estimate of drug-likeness (QED) is 0.635. The van der Waals surface area contributed by atoms with Crippen LogP contribution in [0.2, 0.25) is 0 Å². The molecule has 24 heavy (non-hydrogen) atoms. The molecule has 4 nitrogen and oxygen atoms in total. The first-order valence-corrected chi connectivity index (χ1v) is 9.53. The summed E-state index contributed by atoms with van der Waals surface area (Å²) < 4.78 is 28.4. The van der Waals surface area contributed by atoms with Crippen LogP contribution in [0.25, 0.3) is 5.57 Å². The minimum atomic E-state index is -3.25. The lowest BCUT2D eigenvalue weighted by molar-refractivity contribution is -0.135. The number of sulfone groups is 1. The van der Waals surface area contributed by atoms with Crippen molar-refractivity contribution in [1.82, 2.24) is 0 Å². The van der Waals surface area contributed by atoms with Crippen molar-refractivity contribution in [3.05, 3.63) is 70.8 Å². The van der Waals surface area contributed by atoms with Gasteiger partial charge in [0.25, 0.3) is 0 Å². The Balaban J connectivity index is 2.16. The van der Waals surface area contributed by atoms with E-state index in [0.717, 1.165) is 22.3 Å². The van der Waals surface area contributed by atoms with Crippen molar-refractivity contribution in [2.24, 2.45) is 0 Å². The van der Waals surface area contributed by atoms with Crippen molar-refractivity contribution < 1.29 is 17.9 Å². The summed E-state index contributed by atoms with van der Waals surface area (Å²) in [4.78, 5) is 12.3. The molecule has 0 saturated carbocycles. The van der Waals surface area contributed by atoms with Crippen LogP contribution in [0.5, 0.6) is 0 Å². The molecule has 1 aliphatic heterocycles. The number of hydrogen-bond acceptors (Lipinski definition) is 4. The maximum absolute atomic E-state index is 12.1. The monoisotopic (exact) mass is 342 g/mol. The molecule has 5 heteroatoms. The molecule has 124 valence electrons. The number of cyclic esters (lactones) is 1. The van der Waals surface area contributed by atoms with Crippen molar-refractivity contribution in [3.8, 4) is 0 Å². The van der Waals surface area contributed by atoms with E-state index in [9.17, 15) is 13.2 Å². The SMILES string of the molecule is Cc1ccc(/C(=C2/CCOC2=O)c2ccc(S(C)(=O)=O)cc2)cc1. The molecule has 0 aliphatic carbocycles. The second-order valence-corrected chi connectivity index (χ2v) is 7.92. The summed E-state index contributed by atoms with van der Waals surface area (Å²) in [5.74, 6) is -0.308. The second-order valence-electron chi connectivity index (χ2n) is 5.90. The van der Waals surface area contributed by atoms with Gasteiger partial charge >= 0.3 is 5.97 Å². The molecule has 0 atom stereocenters. The van der Waals surface area contributed by atoms with Gasteiger partial charge in [0.05, 0.1) is 11.5 Å². The van der Waals surface area contributed by atoms with Gasteiger partial charge in [-0.15, -0.1) is 0 Å². The van der Waals surface area contributed by atoms with Crippen LogP contribution < -0.4 is 0 Å². The molecular weight excluding hydrogens is 324 g/mol. The molecule has 0 amide bonds. The van der Waals surface area contributed by atoms with Gasteiger partial charge in [0.2, 0.25) is 0 Å². The Bertz CT molecular complexity index is 905. The Morgan fingerprint density at radius 2 is 1.50 bits per heavy atom. The van der Waals surface area contributed by atoms with Crippen LogP contribution in [0, 0.1) is 6.92 Å². The number of benzene rings is 2. The van der Waals surface area contributed by atoms with Gasteiger partial charge in [0.15, 0.2) is 9.84 Å². The highest BCUT2D eigenvalue weighted by Crippen LogP contribution is 2.32. The summed E-state index contributed by atoms with van der Waals surface area (Å²) in [5.41, 5.74) is 4.29. The van der Waals surface area contributed by atoms with Gasteiger partial charge in [-0.05, 0) is 35.8 Å². The van der Waals surface area contributed by atoms with Gasteiger partial charge in [-0.1, -0.05) is 42.0 Å². The van der Waals surface area contributed by atoms with E-state index in [1.807, 2.05) is 31.2 Å². The molecule has 2 aromatic carbocycles. The fourth-order valence-electron chi connectivity index (χ4n) is 2.77. The van der Waals surface area contributed by atoms with Crippen molar-refractivity contribution >= 4 is 21.4 Å². The number of aryl methyl sites for hydroxylation is 1. The van der Waals surface area contributed by atoms with Gasteiger partial charge < -0.3 is 4.74 Å². The number of hydrogen-bond donors (Lipinski definition) is 0. The average molecular weight is 342 g/mol. The first-order valence-electron chi connectivity index (χ1n) is 7.64. The molecule has 1 fully saturated rings. The Hall–Kier alpha value is -2.40. The predicted molar refractivity (Wildman–Crippen MR) is 92.3 cm³/mol. The van der Waals surface area contributed by atoms with Crippen LogP contribution in [0.4, 0.5) is 0 Å². The summed E-state index contributed by atoms with van der Waals surface area (Å²) in [5, 5.41) is 0. The van der Waals surface area contributed by atoms with Gasteiger partial charge in [0, 0.05) is 18.2 Å². The van der Waals surface area contributed by atoms with E-state index in [1.165, 1.54) is 6.26 Å². The minimum Gasteiger partial charge on any atom is -0.462 e. The maximum Gasteiger partial charge on any atom is 0.334 e. The Labute approximate surface area is 141 Å². The van der Waals surface area contributed by atoms with Crippen molar-refractivity contribution in [2.45, 2.75) is 18.2 Å². The van der Waals surface area contributed by atoms with Gasteiger partial charge in [-0.2, -0.15) is 0 Å². The Morgan fingerprint density at radius 3 is 1.96 bits per heavy atom. The maximum atomic E-state index is 12.1. The zero-order chi connectivity index (χ0) is 17.3. The molecule has 1 heterocycles. The van der Waals surface area contributed by atoms with E-state index in [4.69, 9.17) is 4.74 Å². The van der Waals surface area contributed by atoms with Gasteiger partial charge in [-0.25, -0.2) is 13.2 Å². The fourth-order valence-corrected chi connectivity index (χ4v) is 3.40. The van der Waals surface area contributed by atoms with E-state index >= 15 is 0 Å². The standard InChI is InChI=1S/C19H18O4S/c1-13-3-5-14(6-4-13)18(17-11-12-23-19(17)20)15-7-9-16(10-8-15)24(2,21)22/h3-10H,11-12H2,1-2H3/b18-17+. The van der Waals surface area contributed by atoms with E-state index in [2.05, 4.69) is 0 Å². The summed E-state index contributed by atoms with van der Waals surface area (Å²) in [6, 6.07) is 14.5. The smallest absolute Gasteiger partial charge is 0.334 e. The van der Waals surface area contributed by atoms with Crippen molar-refractivity contribution in [2.75, 3.05) is 12.9 Å². The third-order valence-corrected chi connectivity index (χ3v) is 5.17. The summed E-state index contributed by atoms with van der Waals surface area (Å²) in [7, 11) is -3.25. The largest absolute Gasteiger partial charge is 0.462 e. The Kier molecular flexibility index (Phi) is 4.28. The lowest BCUT2D eigenvalue weighted by atomic mass is 9.92. The van der Waals surface area contributed by atoms with Crippen LogP contribution in [0.1, 0.15) is 23.1 Å². The first kappa shape index (κ1) is 16.5. The third kappa shape index (κ3) is 3.26. The second kappa shape index (κ2) is 6.24. The summed E-state index contributed by atoms with van der Waals surface area (Å²) >= 11 is 0. The lowest BCUT2D eigenvalue weighted by Gasteiger charge is -2.12. The van der Waals surface area contributed by atoms with Crippen molar-refractivity contribution in [3.63, 3.8) is 0 Å². The van der Waals surface area contributed by atoms with E-state index in [1.54, 1.807) is 24.3 Å². The molecular formula is C19H18O4S. The highest BCUT2D eigenvalue weighted by Gasteiger charge is 2.25. The van der Waals surface area contributed by atoms with Crippen LogP contribution in [0.3, 0.4) is 0 Å². The topological polar surface area (TPSA) is 60.4 Å². The predicted octanol–water partition coefficient (Wildman–Crippen LogP) is 3.15. The van der Waals surface area contributed by atoms with Crippen LogP contribution >= 0.6 is 0 Å². The zero-order valence-corrected chi connectivity index (χ0v) is 14.4. The van der Waals surface area contributed by atoms with Crippen LogP contribution in [-0.4, -0.2) is 27.2 Å². The number of ether oxygens (including phenoxy) is 1. The molecule has 2 aromatic rings. The fraction of sp³-hybridized carbons (Fsp3) is 0.211. The van der Waals surface area contributed by atoms with E-state index in [0.29, 0.717) is 18.6 Å². The highest BCUT2D eigenvalue weighted by molar-refractivity contribution is 7.90. The third-order valence-electron chi connectivity index (χ3n) is 4.04. The van der Waals surface area contributed by atoms with Crippen LogP contribution in [-0.2, 0) is 19.4 Å². The minimum absolute atomic E-state index is 0.258. The lowest BCUT2D eigenvalue weighted by Crippen LogP contribution is -2.02. The molecule has 1 aliphatic rings. The molecule has 0 spiro atoms. The number of carbonyl (C=O) groups excluding carboxylic acids is 1. The molecule has 0 N–H and O–H groups in total. The van der Waals surface area contributed by atoms with Gasteiger partial charge in [-0.3, -0.25) is 0 Å². The first-order chi connectivity index (χ1) is 11.4. The summed E-state index contributed by atoms with van der Waals surface area (Å²) in [6.45, 7) is 2.38. The Morgan fingerprint density at radius 1 is 0.958 bits per heavy atom. The molecule has 0 bridgehead atoms. The number of rotatable bonds is 3. The molecule has 1 saturated heterocycles. The molecule has 0 aromatic heterocycles. The normalized spacial score (nSPS) is 16.8. The van der Waals surface area contributed by atoms with E-state index in [-0.39, 0.29) is 10.9 Å². The zero-order valence-electron chi connectivity index (χ0n) is 13.6. The van der Waals surface area contributed by atoms with Crippen molar-refractivity contribution in [1.29, 1.82) is 0 Å². The molecule has 3 rings (SSSR count).